The minimum atomic E-state index is -0.406. The van der Waals surface area contributed by atoms with Crippen LogP contribution in [0.15, 0.2) is 42.5 Å². The smallest absolute Gasteiger partial charge is 0.223 e. The predicted molar refractivity (Wildman–Crippen MR) is 87.2 cm³/mol. The maximum absolute atomic E-state index is 12.3. The Morgan fingerprint density at radius 3 is 2.55 bits per heavy atom. The molecule has 1 saturated heterocycles. The van der Waals surface area contributed by atoms with Gasteiger partial charge in [-0.15, -0.1) is 0 Å². The zero-order valence-electron chi connectivity index (χ0n) is 13.0. The van der Waals surface area contributed by atoms with E-state index in [2.05, 4.69) is 12.2 Å². The molecular weight excluding hydrogens is 274 g/mol. The van der Waals surface area contributed by atoms with Crippen molar-refractivity contribution < 1.29 is 9.90 Å². The summed E-state index contributed by atoms with van der Waals surface area (Å²) >= 11 is 0. The highest BCUT2D eigenvalue weighted by Crippen LogP contribution is 2.31. The molecule has 0 saturated carbocycles. The predicted octanol–water partition coefficient (Wildman–Crippen LogP) is 3.31. The monoisotopic (exact) mass is 299 g/mol. The second-order valence-corrected chi connectivity index (χ2v) is 6.54. The number of likely N-dealkylation sites (tertiary alicyclic amines) is 1. The minimum absolute atomic E-state index is 0.262. The quantitative estimate of drug-likeness (QED) is 0.867. The summed E-state index contributed by atoms with van der Waals surface area (Å²) in [6.45, 7) is 1.56. The summed E-state index contributed by atoms with van der Waals surface area (Å²) < 4.78 is 0. The fraction of sp³-hybridized carbons (Fsp3) is 0.526. The van der Waals surface area contributed by atoms with E-state index in [-0.39, 0.29) is 11.8 Å². The maximum atomic E-state index is 12.3. The highest BCUT2D eigenvalue weighted by molar-refractivity contribution is 5.76. The summed E-state index contributed by atoms with van der Waals surface area (Å²) in [5.74, 6) is 0.988. The number of aliphatic hydroxyl groups excluding tert-OH is 1. The van der Waals surface area contributed by atoms with Gasteiger partial charge in [0.2, 0.25) is 5.91 Å². The Bertz CT molecular complexity index is 517. The van der Waals surface area contributed by atoms with Gasteiger partial charge >= 0.3 is 0 Å². The van der Waals surface area contributed by atoms with Crippen LogP contribution in [0.1, 0.15) is 43.8 Å². The van der Waals surface area contributed by atoms with Gasteiger partial charge in [-0.2, -0.15) is 0 Å². The Kier molecular flexibility index (Phi) is 4.94. The molecule has 2 aliphatic rings. The number of carbonyl (C=O) groups is 1. The van der Waals surface area contributed by atoms with Crippen molar-refractivity contribution >= 4 is 5.91 Å². The summed E-state index contributed by atoms with van der Waals surface area (Å²) in [4.78, 5) is 14.3. The first-order chi connectivity index (χ1) is 10.7. The van der Waals surface area contributed by atoms with Crippen molar-refractivity contribution in [3.8, 4) is 0 Å². The molecule has 1 N–H and O–H groups in total. The molecular formula is C19H25NO2. The number of nitrogens with zero attached hydrogens (tertiary/aromatic N) is 1. The number of amides is 1. The van der Waals surface area contributed by atoms with Gasteiger partial charge < -0.3 is 10.0 Å². The topological polar surface area (TPSA) is 40.5 Å². The first-order valence-electron chi connectivity index (χ1n) is 8.41. The maximum Gasteiger partial charge on any atom is 0.223 e. The molecule has 3 nitrogen and oxygen atoms in total. The minimum Gasteiger partial charge on any atom is -0.388 e. The van der Waals surface area contributed by atoms with Crippen LogP contribution in [0.2, 0.25) is 0 Å². The molecule has 1 heterocycles. The van der Waals surface area contributed by atoms with Crippen molar-refractivity contribution in [1.29, 1.82) is 0 Å². The number of carbonyl (C=O) groups excluding carboxylic acids is 1. The summed E-state index contributed by atoms with van der Waals surface area (Å²) in [6, 6.07) is 9.86. The number of aliphatic hydroxyl groups is 1. The van der Waals surface area contributed by atoms with Gasteiger partial charge in [-0.05, 0) is 43.1 Å². The van der Waals surface area contributed by atoms with Crippen molar-refractivity contribution in [1.82, 2.24) is 4.90 Å². The van der Waals surface area contributed by atoms with Crippen LogP contribution in [0.3, 0.4) is 0 Å². The molecule has 0 bridgehead atoms. The molecule has 1 aromatic rings. The van der Waals surface area contributed by atoms with Crippen LogP contribution in [0.25, 0.3) is 0 Å². The van der Waals surface area contributed by atoms with Gasteiger partial charge in [-0.1, -0.05) is 42.5 Å². The second-order valence-electron chi connectivity index (χ2n) is 6.54. The van der Waals surface area contributed by atoms with E-state index in [1.165, 1.54) is 0 Å². The number of hydrogen-bond donors (Lipinski definition) is 1. The fourth-order valence-electron chi connectivity index (χ4n) is 3.61. The average Bonchev–Trinajstić information content (AvgIpc) is 3.08. The molecule has 3 heteroatoms. The van der Waals surface area contributed by atoms with Gasteiger partial charge in [0.1, 0.15) is 0 Å². The molecule has 1 aromatic carbocycles. The van der Waals surface area contributed by atoms with Gasteiger partial charge in [0.15, 0.2) is 0 Å². The molecule has 1 fully saturated rings. The van der Waals surface area contributed by atoms with E-state index in [0.717, 1.165) is 44.3 Å². The first-order valence-corrected chi connectivity index (χ1v) is 8.41. The van der Waals surface area contributed by atoms with E-state index in [9.17, 15) is 9.90 Å². The fourth-order valence-corrected chi connectivity index (χ4v) is 3.61. The number of benzene rings is 1. The lowest BCUT2D eigenvalue weighted by atomic mass is 9.87. The van der Waals surface area contributed by atoms with E-state index >= 15 is 0 Å². The molecule has 0 radical (unpaired) electrons. The van der Waals surface area contributed by atoms with Crippen LogP contribution in [-0.2, 0) is 4.79 Å². The lowest BCUT2D eigenvalue weighted by molar-refractivity contribution is -0.133. The molecule has 22 heavy (non-hydrogen) atoms. The zero-order valence-corrected chi connectivity index (χ0v) is 13.0. The van der Waals surface area contributed by atoms with Crippen molar-refractivity contribution in [2.24, 2.45) is 11.8 Å². The lowest BCUT2D eigenvalue weighted by Crippen LogP contribution is -2.40. The SMILES string of the molecule is O=C(CC1C=CCC1)N1CCC(C(O)c2ccccc2)CC1. The Labute approximate surface area is 132 Å². The van der Waals surface area contributed by atoms with Crippen LogP contribution >= 0.6 is 0 Å². The number of hydrogen-bond acceptors (Lipinski definition) is 2. The zero-order chi connectivity index (χ0) is 15.4. The summed E-state index contributed by atoms with van der Waals surface area (Å²) in [6.07, 6.45) is 8.63. The highest BCUT2D eigenvalue weighted by Gasteiger charge is 2.28. The highest BCUT2D eigenvalue weighted by atomic mass is 16.3. The molecule has 118 valence electrons. The third-order valence-corrected chi connectivity index (χ3v) is 5.03. The van der Waals surface area contributed by atoms with E-state index in [1.807, 2.05) is 35.2 Å². The molecule has 1 aliphatic carbocycles. The Hall–Kier alpha value is -1.61. The Balaban J connectivity index is 1.49. The van der Waals surface area contributed by atoms with Gasteiger partial charge in [0.25, 0.3) is 0 Å². The van der Waals surface area contributed by atoms with Crippen LogP contribution in [0.4, 0.5) is 0 Å². The summed E-state index contributed by atoms with van der Waals surface area (Å²) in [7, 11) is 0. The molecule has 0 spiro atoms. The van der Waals surface area contributed by atoms with Crippen LogP contribution in [0.5, 0.6) is 0 Å². The average molecular weight is 299 g/mol. The van der Waals surface area contributed by atoms with Crippen LogP contribution in [-0.4, -0.2) is 29.0 Å². The van der Waals surface area contributed by atoms with Gasteiger partial charge in [-0.3, -0.25) is 4.79 Å². The van der Waals surface area contributed by atoms with Crippen molar-refractivity contribution in [3.05, 3.63) is 48.0 Å². The molecule has 2 unspecified atom stereocenters. The number of piperidine rings is 1. The van der Waals surface area contributed by atoms with Crippen LogP contribution in [0, 0.1) is 11.8 Å². The molecule has 0 aromatic heterocycles. The lowest BCUT2D eigenvalue weighted by Gasteiger charge is -2.34. The third kappa shape index (κ3) is 3.58. The molecule has 2 atom stereocenters. The van der Waals surface area contributed by atoms with E-state index in [4.69, 9.17) is 0 Å². The first kappa shape index (κ1) is 15.3. The Morgan fingerprint density at radius 1 is 1.18 bits per heavy atom. The second kappa shape index (κ2) is 7.10. The Morgan fingerprint density at radius 2 is 1.91 bits per heavy atom. The summed E-state index contributed by atoms with van der Waals surface area (Å²) in [5, 5.41) is 10.5. The summed E-state index contributed by atoms with van der Waals surface area (Å²) in [5.41, 5.74) is 0.989. The molecule has 1 amide bonds. The van der Waals surface area contributed by atoms with Gasteiger partial charge in [0, 0.05) is 19.5 Å². The number of rotatable bonds is 4. The normalized spacial score (nSPS) is 23.7. The van der Waals surface area contributed by atoms with Gasteiger partial charge in [0.05, 0.1) is 6.10 Å². The molecule has 3 rings (SSSR count). The number of allylic oxidation sites excluding steroid dienone is 2. The third-order valence-electron chi connectivity index (χ3n) is 5.03. The largest absolute Gasteiger partial charge is 0.388 e. The van der Waals surface area contributed by atoms with Gasteiger partial charge in [-0.25, -0.2) is 0 Å². The molecule has 1 aliphatic heterocycles. The van der Waals surface area contributed by atoms with E-state index in [1.54, 1.807) is 0 Å². The van der Waals surface area contributed by atoms with E-state index in [0.29, 0.717) is 12.3 Å². The van der Waals surface area contributed by atoms with E-state index < -0.39 is 6.10 Å². The van der Waals surface area contributed by atoms with Crippen molar-refractivity contribution in [2.45, 2.75) is 38.2 Å². The van der Waals surface area contributed by atoms with Crippen molar-refractivity contribution in [2.75, 3.05) is 13.1 Å². The standard InChI is InChI=1S/C19H25NO2/c21-18(14-15-6-4-5-7-15)20-12-10-17(11-13-20)19(22)16-8-2-1-3-9-16/h1-4,6,8-9,15,17,19,22H,5,7,10-14H2. The van der Waals surface area contributed by atoms with Crippen molar-refractivity contribution in [3.63, 3.8) is 0 Å². The van der Waals surface area contributed by atoms with Crippen LogP contribution < -0.4 is 0 Å².